The van der Waals surface area contributed by atoms with Gasteiger partial charge in [-0.2, -0.15) is 0 Å². The summed E-state index contributed by atoms with van der Waals surface area (Å²) in [6, 6.07) is 7.04. The van der Waals surface area contributed by atoms with Gasteiger partial charge >= 0.3 is 0 Å². The van der Waals surface area contributed by atoms with Crippen LogP contribution in [0.1, 0.15) is 24.6 Å². The van der Waals surface area contributed by atoms with Crippen LogP contribution < -0.4 is 5.32 Å². The summed E-state index contributed by atoms with van der Waals surface area (Å²) >= 11 is 0. The lowest BCUT2D eigenvalue weighted by Crippen LogP contribution is -2.17. The predicted octanol–water partition coefficient (Wildman–Crippen LogP) is 2.74. The highest BCUT2D eigenvalue weighted by Gasteiger charge is 2.18. The van der Waals surface area contributed by atoms with Crippen molar-refractivity contribution in [3.05, 3.63) is 35.5 Å². The van der Waals surface area contributed by atoms with Crippen molar-refractivity contribution in [3.8, 4) is 17.1 Å². The van der Waals surface area contributed by atoms with E-state index in [4.69, 9.17) is 4.74 Å². The summed E-state index contributed by atoms with van der Waals surface area (Å²) in [6.45, 7) is 4.23. The average Bonchev–Trinajstić information content (AvgIpc) is 2.52. The summed E-state index contributed by atoms with van der Waals surface area (Å²) in [7, 11) is 0. The molecule has 1 aromatic heterocycles. The summed E-state index contributed by atoms with van der Waals surface area (Å²) in [5.74, 6) is 1.71. The number of phenolic OH excluding ortho intramolecular Hbond substituents is 1. The third-order valence-electron chi connectivity index (χ3n) is 3.47. The first-order valence-electron chi connectivity index (χ1n) is 7.28. The first kappa shape index (κ1) is 13.8. The van der Waals surface area contributed by atoms with Gasteiger partial charge in [0.1, 0.15) is 11.6 Å². The topological polar surface area (TPSA) is 67.3 Å². The molecule has 0 fully saturated rings. The maximum atomic E-state index is 9.63. The molecule has 2 N–H and O–H groups in total. The fourth-order valence-electron chi connectivity index (χ4n) is 2.40. The van der Waals surface area contributed by atoms with Crippen LogP contribution in [0.3, 0.4) is 0 Å². The Balaban J connectivity index is 2.05. The van der Waals surface area contributed by atoms with Gasteiger partial charge < -0.3 is 15.2 Å². The monoisotopic (exact) mass is 285 g/mol. The number of fused-ring (bicyclic) bond motifs is 1. The number of ether oxygens (including phenoxy) is 1. The molecule has 2 heterocycles. The number of rotatable bonds is 4. The molecule has 0 spiro atoms. The van der Waals surface area contributed by atoms with Crippen LogP contribution in [0, 0.1) is 0 Å². The third kappa shape index (κ3) is 2.97. The Morgan fingerprint density at radius 3 is 3.05 bits per heavy atom. The molecule has 0 atom stereocenters. The van der Waals surface area contributed by atoms with Crippen LogP contribution in [-0.2, 0) is 17.8 Å². The van der Waals surface area contributed by atoms with Gasteiger partial charge in [-0.3, -0.25) is 0 Å². The zero-order chi connectivity index (χ0) is 14.7. The van der Waals surface area contributed by atoms with Crippen molar-refractivity contribution in [1.82, 2.24) is 9.97 Å². The van der Waals surface area contributed by atoms with E-state index in [1.807, 2.05) is 6.07 Å². The molecular formula is C16H19N3O2. The Morgan fingerprint density at radius 2 is 2.24 bits per heavy atom. The summed E-state index contributed by atoms with van der Waals surface area (Å²) < 4.78 is 5.52. The lowest BCUT2D eigenvalue weighted by molar-refractivity contribution is 0.109. The molecular weight excluding hydrogens is 266 g/mol. The zero-order valence-corrected chi connectivity index (χ0v) is 12.1. The Labute approximate surface area is 124 Å². The number of aromatic nitrogens is 2. The fraction of sp³-hybridized carbons (Fsp3) is 0.375. The summed E-state index contributed by atoms with van der Waals surface area (Å²) in [6.07, 6.45) is 1.82. The van der Waals surface area contributed by atoms with E-state index in [0.717, 1.165) is 42.0 Å². The zero-order valence-electron chi connectivity index (χ0n) is 12.1. The minimum absolute atomic E-state index is 0.222. The first-order chi connectivity index (χ1) is 10.3. The van der Waals surface area contributed by atoms with E-state index in [1.54, 1.807) is 18.2 Å². The summed E-state index contributed by atoms with van der Waals surface area (Å²) in [5.41, 5.74) is 2.91. The number of hydrogen-bond acceptors (Lipinski definition) is 5. The van der Waals surface area contributed by atoms with Crippen molar-refractivity contribution >= 4 is 5.82 Å². The van der Waals surface area contributed by atoms with Crippen LogP contribution in [0.15, 0.2) is 24.3 Å². The summed E-state index contributed by atoms with van der Waals surface area (Å²) in [4.78, 5) is 9.27. The van der Waals surface area contributed by atoms with Gasteiger partial charge in [0.05, 0.1) is 18.9 Å². The second-order valence-corrected chi connectivity index (χ2v) is 5.10. The maximum Gasteiger partial charge on any atom is 0.161 e. The van der Waals surface area contributed by atoms with Crippen molar-refractivity contribution in [1.29, 1.82) is 0 Å². The molecule has 3 rings (SSSR count). The molecule has 0 bridgehead atoms. The van der Waals surface area contributed by atoms with Gasteiger partial charge in [0.25, 0.3) is 0 Å². The van der Waals surface area contributed by atoms with Crippen molar-refractivity contribution < 1.29 is 9.84 Å². The molecule has 1 aliphatic rings. The van der Waals surface area contributed by atoms with Crippen LogP contribution in [-0.4, -0.2) is 28.2 Å². The minimum Gasteiger partial charge on any atom is -0.508 e. The molecule has 0 amide bonds. The smallest absolute Gasteiger partial charge is 0.161 e. The molecule has 1 aliphatic heterocycles. The molecule has 0 radical (unpaired) electrons. The second-order valence-electron chi connectivity index (χ2n) is 5.10. The van der Waals surface area contributed by atoms with Crippen molar-refractivity contribution in [2.75, 3.05) is 18.5 Å². The molecule has 5 heteroatoms. The molecule has 0 saturated heterocycles. The Hall–Kier alpha value is -2.14. The van der Waals surface area contributed by atoms with Crippen molar-refractivity contribution in [3.63, 3.8) is 0 Å². The molecule has 0 saturated carbocycles. The molecule has 21 heavy (non-hydrogen) atoms. The van der Waals surface area contributed by atoms with Gasteiger partial charge in [-0.05, 0) is 18.6 Å². The quantitative estimate of drug-likeness (QED) is 0.904. The molecule has 2 aromatic rings. The van der Waals surface area contributed by atoms with Crippen LogP contribution in [0.25, 0.3) is 11.4 Å². The summed E-state index contributed by atoms with van der Waals surface area (Å²) in [5, 5.41) is 13.0. The van der Waals surface area contributed by atoms with Gasteiger partial charge in [0, 0.05) is 24.1 Å². The number of aromatic hydroxyl groups is 1. The normalized spacial score (nSPS) is 13.8. The van der Waals surface area contributed by atoms with E-state index in [9.17, 15) is 5.11 Å². The number of nitrogens with zero attached hydrogens (tertiary/aromatic N) is 2. The molecule has 5 nitrogen and oxygen atoms in total. The van der Waals surface area contributed by atoms with Gasteiger partial charge in [-0.1, -0.05) is 19.1 Å². The first-order valence-corrected chi connectivity index (χ1v) is 7.28. The largest absolute Gasteiger partial charge is 0.508 e. The van der Waals surface area contributed by atoms with E-state index in [2.05, 4.69) is 22.2 Å². The number of nitrogens with one attached hydrogen (secondary N) is 1. The lowest BCUT2D eigenvalue weighted by Gasteiger charge is -2.20. The Kier molecular flexibility index (Phi) is 4.01. The molecule has 110 valence electrons. The number of phenols is 1. The molecule has 0 unspecified atom stereocenters. The lowest BCUT2D eigenvalue weighted by atomic mass is 10.1. The van der Waals surface area contributed by atoms with Gasteiger partial charge in [-0.15, -0.1) is 0 Å². The number of anilines is 1. The van der Waals surface area contributed by atoms with Gasteiger partial charge in [0.2, 0.25) is 0 Å². The fourth-order valence-corrected chi connectivity index (χ4v) is 2.40. The highest BCUT2D eigenvalue weighted by Crippen LogP contribution is 2.27. The SMILES string of the molecule is CCCNc1nc(-c2cccc(O)c2)nc2c1COCC2. The van der Waals surface area contributed by atoms with E-state index in [0.29, 0.717) is 19.0 Å². The van der Waals surface area contributed by atoms with E-state index in [-0.39, 0.29) is 5.75 Å². The van der Waals surface area contributed by atoms with Gasteiger partial charge in [0.15, 0.2) is 5.82 Å². The number of hydrogen-bond donors (Lipinski definition) is 2. The third-order valence-corrected chi connectivity index (χ3v) is 3.47. The Morgan fingerprint density at radius 1 is 1.33 bits per heavy atom. The molecule has 0 aliphatic carbocycles. The Bertz CT molecular complexity index is 643. The predicted molar refractivity (Wildman–Crippen MR) is 81.3 cm³/mol. The average molecular weight is 285 g/mol. The van der Waals surface area contributed by atoms with Crippen molar-refractivity contribution in [2.24, 2.45) is 0 Å². The maximum absolute atomic E-state index is 9.63. The standard InChI is InChI=1S/C16H19N3O2/c1-2-7-17-16-13-10-21-8-6-14(13)18-15(19-16)11-4-3-5-12(20)9-11/h3-5,9,20H,2,6-8,10H2,1H3,(H,17,18,19). The molecule has 1 aromatic carbocycles. The van der Waals surface area contributed by atoms with Gasteiger partial charge in [-0.25, -0.2) is 9.97 Å². The van der Waals surface area contributed by atoms with E-state index >= 15 is 0 Å². The number of benzene rings is 1. The van der Waals surface area contributed by atoms with Crippen LogP contribution >= 0.6 is 0 Å². The van der Waals surface area contributed by atoms with E-state index in [1.165, 1.54) is 0 Å². The minimum atomic E-state index is 0.222. The van der Waals surface area contributed by atoms with Crippen molar-refractivity contribution in [2.45, 2.75) is 26.4 Å². The van der Waals surface area contributed by atoms with Crippen LogP contribution in [0.2, 0.25) is 0 Å². The van der Waals surface area contributed by atoms with Crippen LogP contribution in [0.5, 0.6) is 5.75 Å². The van der Waals surface area contributed by atoms with E-state index < -0.39 is 0 Å². The van der Waals surface area contributed by atoms with Crippen LogP contribution in [0.4, 0.5) is 5.82 Å². The highest BCUT2D eigenvalue weighted by atomic mass is 16.5. The highest BCUT2D eigenvalue weighted by molar-refractivity contribution is 5.61. The second kappa shape index (κ2) is 6.10.